The maximum absolute atomic E-state index is 5.37. The average Bonchev–Trinajstić information content (AvgIpc) is 2.28. The van der Waals surface area contributed by atoms with E-state index < -0.39 is 0 Å². The highest BCUT2D eigenvalue weighted by molar-refractivity contribution is 6.10. The van der Waals surface area contributed by atoms with Crippen LogP contribution in [0, 0.1) is 23.7 Å². The Morgan fingerprint density at radius 2 is 0.917 bits per heavy atom. The molecule has 0 amide bonds. The number of aromatic nitrogens is 3. The second kappa shape index (κ2) is 19.1. The summed E-state index contributed by atoms with van der Waals surface area (Å²) in [7, 11) is 0. The fraction of sp³-hybridized carbons (Fsp3) is 0.177. The maximum atomic E-state index is 5.37. The SMILES string of the molecule is CC(C)(c1cccc(N2CN(c3c(-c4ccccc4)cccc3-c3ccccc3)c3ccccc32)c1)c1ccc2c3ccccc3n(-c3cc(C4(c5ccc(-n6c7ccccc7c7ccccc76)cc5)C5CC6CC(C5)CC4C6)ccn3)c2c1. The molecule has 0 saturated heterocycles. The highest BCUT2D eigenvalue weighted by Gasteiger charge is 2.58. The van der Waals surface area contributed by atoms with Crippen molar-refractivity contribution in [3.63, 3.8) is 0 Å². The van der Waals surface area contributed by atoms with Gasteiger partial charge in [-0.1, -0.05) is 196 Å². The number of hydrogen-bond acceptors (Lipinski definition) is 3. The van der Waals surface area contributed by atoms with Crippen LogP contribution in [0.1, 0.15) is 68.2 Å². The number of fused-ring (bicyclic) bond motifs is 7. The zero-order valence-electron chi connectivity index (χ0n) is 47.6. The summed E-state index contributed by atoms with van der Waals surface area (Å²) < 4.78 is 4.94. The summed E-state index contributed by atoms with van der Waals surface area (Å²) >= 11 is 0. The van der Waals surface area contributed by atoms with Crippen molar-refractivity contribution in [1.82, 2.24) is 14.1 Å². The van der Waals surface area contributed by atoms with Crippen LogP contribution >= 0.6 is 0 Å². The Morgan fingerprint density at radius 1 is 0.393 bits per heavy atom. The first-order valence-electron chi connectivity index (χ1n) is 30.5. The van der Waals surface area contributed by atoms with Crippen LogP contribution in [0.25, 0.3) is 77.4 Å². The highest BCUT2D eigenvalue weighted by Crippen LogP contribution is 2.65. The Kier molecular flexibility index (Phi) is 11.2. The molecule has 3 aromatic heterocycles. The van der Waals surface area contributed by atoms with Crippen LogP contribution in [0.3, 0.4) is 0 Å². The summed E-state index contributed by atoms with van der Waals surface area (Å²) in [4.78, 5) is 10.4. The molecular weight excluding hydrogens is 1020 g/mol. The van der Waals surface area contributed by atoms with E-state index in [1.807, 2.05) is 0 Å². The van der Waals surface area contributed by atoms with Gasteiger partial charge in [0.2, 0.25) is 0 Å². The molecule has 4 bridgehead atoms. The van der Waals surface area contributed by atoms with Crippen molar-refractivity contribution in [2.24, 2.45) is 23.7 Å². The predicted molar refractivity (Wildman–Crippen MR) is 349 cm³/mol. The zero-order chi connectivity index (χ0) is 55.7. The lowest BCUT2D eigenvalue weighted by molar-refractivity contribution is -0.0418. The molecule has 1 aliphatic heterocycles. The lowest BCUT2D eigenvalue weighted by atomic mass is 9.42. The minimum absolute atomic E-state index is 0.107. The number of pyridine rings is 1. The Morgan fingerprint density at radius 3 is 1.54 bits per heavy atom. The van der Waals surface area contributed by atoms with Crippen molar-refractivity contribution in [1.29, 1.82) is 0 Å². The number of nitrogens with zero attached hydrogens (tertiary/aromatic N) is 5. The molecule has 4 heterocycles. The molecule has 0 N–H and O–H groups in total. The molecule has 4 fully saturated rings. The number of anilines is 4. The predicted octanol–water partition coefficient (Wildman–Crippen LogP) is 19.9. The fourth-order valence-corrected chi connectivity index (χ4v) is 16.9. The lowest BCUT2D eigenvalue weighted by Gasteiger charge is -2.62. The van der Waals surface area contributed by atoms with E-state index in [1.165, 1.54) is 149 Å². The minimum Gasteiger partial charge on any atom is -0.321 e. The van der Waals surface area contributed by atoms with Gasteiger partial charge in [-0.25, -0.2) is 4.98 Å². The van der Waals surface area contributed by atoms with Crippen LogP contribution in [0.5, 0.6) is 0 Å². The van der Waals surface area contributed by atoms with Gasteiger partial charge in [0.15, 0.2) is 0 Å². The minimum atomic E-state index is -0.351. The molecule has 4 saturated carbocycles. The molecule has 13 aromatic rings. The van der Waals surface area contributed by atoms with E-state index in [2.05, 4.69) is 294 Å². The van der Waals surface area contributed by atoms with Gasteiger partial charge in [-0.15, -0.1) is 0 Å². The lowest BCUT2D eigenvalue weighted by Crippen LogP contribution is -2.56. The van der Waals surface area contributed by atoms with Gasteiger partial charge in [-0.3, -0.25) is 4.57 Å². The second-order valence-electron chi connectivity index (χ2n) is 25.2. The number of para-hydroxylation sites is 6. The molecule has 5 nitrogen and oxygen atoms in total. The van der Waals surface area contributed by atoms with Gasteiger partial charge in [-0.2, -0.15) is 0 Å². The van der Waals surface area contributed by atoms with Gasteiger partial charge in [-0.05, 0) is 162 Å². The van der Waals surface area contributed by atoms with E-state index >= 15 is 0 Å². The quantitative estimate of drug-likeness (QED) is 0.137. The van der Waals surface area contributed by atoms with Crippen molar-refractivity contribution >= 4 is 66.4 Å². The molecule has 10 aromatic carbocycles. The van der Waals surface area contributed by atoms with Gasteiger partial charge < -0.3 is 14.4 Å². The van der Waals surface area contributed by atoms with Crippen molar-refractivity contribution in [2.75, 3.05) is 16.5 Å². The summed E-state index contributed by atoms with van der Waals surface area (Å²) in [6, 6.07) is 95.4. The molecule has 0 spiro atoms. The van der Waals surface area contributed by atoms with E-state index in [0.29, 0.717) is 18.5 Å². The van der Waals surface area contributed by atoms with Crippen LogP contribution < -0.4 is 9.80 Å². The normalized spacial score (nSPS) is 20.0. The molecule has 84 heavy (non-hydrogen) atoms. The molecule has 18 rings (SSSR count). The molecule has 0 radical (unpaired) electrons. The van der Waals surface area contributed by atoms with Crippen LogP contribution in [0.15, 0.2) is 261 Å². The number of hydrogen-bond donors (Lipinski definition) is 0. The molecule has 5 aliphatic rings. The van der Waals surface area contributed by atoms with E-state index in [4.69, 9.17) is 4.98 Å². The third-order valence-electron chi connectivity index (χ3n) is 20.6. The first-order valence-corrected chi connectivity index (χ1v) is 30.5. The highest BCUT2D eigenvalue weighted by atomic mass is 15.4. The summed E-state index contributed by atoms with van der Waals surface area (Å²) in [6.45, 7) is 5.46. The maximum Gasteiger partial charge on any atom is 0.137 e. The third-order valence-corrected chi connectivity index (χ3v) is 20.6. The second-order valence-corrected chi connectivity index (χ2v) is 25.2. The van der Waals surface area contributed by atoms with Crippen molar-refractivity contribution in [3.05, 3.63) is 283 Å². The Hall–Kier alpha value is -9.45. The summed E-state index contributed by atoms with van der Waals surface area (Å²) in [6.07, 6.45) is 8.74. The largest absolute Gasteiger partial charge is 0.321 e. The Balaban J connectivity index is 0.756. The first-order chi connectivity index (χ1) is 41.4. The molecule has 406 valence electrons. The molecule has 4 aliphatic carbocycles. The smallest absolute Gasteiger partial charge is 0.137 e. The van der Waals surface area contributed by atoms with E-state index in [0.717, 1.165) is 17.7 Å². The Labute approximate surface area is 491 Å². The van der Waals surface area contributed by atoms with Crippen molar-refractivity contribution < 1.29 is 0 Å². The van der Waals surface area contributed by atoms with Crippen LogP contribution in [0.2, 0.25) is 0 Å². The fourth-order valence-electron chi connectivity index (χ4n) is 16.9. The van der Waals surface area contributed by atoms with Crippen molar-refractivity contribution in [3.8, 4) is 33.8 Å². The van der Waals surface area contributed by atoms with Crippen LogP contribution in [-0.2, 0) is 10.8 Å². The molecular formula is C79H65N5. The summed E-state index contributed by atoms with van der Waals surface area (Å²) in [5.41, 5.74) is 20.7. The van der Waals surface area contributed by atoms with Crippen LogP contribution in [-0.4, -0.2) is 20.8 Å². The van der Waals surface area contributed by atoms with Gasteiger partial charge in [0.1, 0.15) is 12.5 Å². The van der Waals surface area contributed by atoms with Crippen molar-refractivity contribution in [2.45, 2.75) is 56.8 Å². The van der Waals surface area contributed by atoms with E-state index in [1.54, 1.807) is 0 Å². The summed E-state index contributed by atoms with van der Waals surface area (Å²) in [5.74, 6) is 3.81. The number of rotatable bonds is 10. The monoisotopic (exact) mass is 1080 g/mol. The molecule has 5 heteroatoms. The first kappa shape index (κ1) is 49.2. The topological polar surface area (TPSA) is 29.2 Å². The van der Waals surface area contributed by atoms with Gasteiger partial charge in [0, 0.05) is 61.1 Å². The zero-order valence-corrected chi connectivity index (χ0v) is 47.6. The van der Waals surface area contributed by atoms with Crippen LogP contribution in [0.4, 0.5) is 22.7 Å². The van der Waals surface area contributed by atoms with Gasteiger partial charge in [0.25, 0.3) is 0 Å². The van der Waals surface area contributed by atoms with E-state index in [-0.39, 0.29) is 10.8 Å². The van der Waals surface area contributed by atoms with Gasteiger partial charge >= 0.3 is 0 Å². The third kappa shape index (κ3) is 7.43. The number of benzene rings is 10. The molecule has 0 unspecified atom stereocenters. The molecule has 0 atom stereocenters. The Bertz CT molecular complexity index is 4560. The van der Waals surface area contributed by atoms with Gasteiger partial charge in [0.05, 0.1) is 39.1 Å². The van der Waals surface area contributed by atoms with E-state index in [9.17, 15) is 0 Å². The summed E-state index contributed by atoms with van der Waals surface area (Å²) in [5, 5.41) is 5.09. The standard InChI is InChI=1S/C79H65N5/c1-78(2,57-23-17-24-63(48-57)81-51-82(74-34-16-15-33-73(74)81)77-64(54-19-5-3-6-20-54)28-18-29-65(77)55-21-7-4-8-22-55)58-37-40-69-68-27-11-14-32-72(68)84(75(69)49-58)76-50-59(41-42-80-76)79(60-44-52-43-53(46-60)47-61(79)45-52)56-35-38-62(39-36-56)83-70-30-12-9-25-66(70)67-26-10-13-31-71(67)83/h3-42,48-50,52-53,60-61H,43-47,51H2,1-2H3. The average molecular weight is 1080 g/mol.